The van der Waals surface area contributed by atoms with E-state index in [9.17, 15) is 14.9 Å². The van der Waals surface area contributed by atoms with E-state index in [0.29, 0.717) is 10.7 Å². The van der Waals surface area contributed by atoms with Crippen LogP contribution in [0.4, 0.5) is 0 Å². The number of hydrogen-bond donors (Lipinski definition) is 0. The lowest BCUT2D eigenvalue weighted by Crippen LogP contribution is -2.50. The molecule has 1 fully saturated rings. The zero-order valence-corrected chi connectivity index (χ0v) is 17.1. The number of aryl methyl sites for hydroxylation is 1. The van der Waals surface area contributed by atoms with E-state index in [1.807, 2.05) is 11.8 Å². The minimum absolute atomic E-state index is 0.0496. The van der Waals surface area contributed by atoms with Crippen LogP contribution in [0.5, 0.6) is 0 Å². The quantitative estimate of drug-likeness (QED) is 0.543. The molecule has 7 nitrogen and oxygen atoms in total. The number of nitrogens with zero attached hydrogens (tertiary/aromatic N) is 4. The molecule has 0 spiro atoms. The Balaban J connectivity index is 2.12. The maximum atomic E-state index is 12.7. The molecule has 1 unspecified atom stereocenters. The van der Waals surface area contributed by atoms with Crippen molar-refractivity contribution in [3.8, 4) is 6.07 Å². The lowest BCUT2D eigenvalue weighted by Gasteiger charge is -2.35. The molecule has 1 saturated heterocycles. The van der Waals surface area contributed by atoms with Gasteiger partial charge in [-0.15, -0.1) is 0 Å². The second kappa shape index (κ2) is 9.72. The van der Waals surface area contributed by atoms with Crippen molar-refractivity contribution in [1.29, 1.82) is 5.26 Å². The fraction of sp³-hybridized carbons (Fsp3) is 0.579. The normalized spacial score (nSPS) is 15.9. The molecule has 1 aromatic rings. The molecule has 0 radical (unpaired) electrons. The molecular weight excluding hydrogens is 364 g/mol. The van der Waals surface area contributed by atoms with Crippen molar-refractivity contribution in [1.82, 2.24) is 14.8 Å². The maximum Gasteiger partial charge on any atom is 0.340 e. The number of piperazine rings is 1. The summed E-state index contributed by atoms with van der Waals surface area (Å²) in [4.78, 5) is 33.3. The first-order chi connectivity index (χ1) is 12.9. The van der Waals surface area contributed by atoms with Gasteiger partial charge in [0.1, 0.15) is 11.1 Å². The van der Waals surface area contributed by atoms with Crippen molar-refractivity contribution in [2.24, 2.45) is 0 Å². The number of ether oxygens (including phenoxy) is 1. The second-order valence-electron chi connectivity index (χ2n) is 6.33. The summed E-state index contributed by atoms with van der Waals surface area (Å²) in [5, 5.41) is 9.56. The Bertz CT molecular complexity index is 739. The number of carbonyl (C=O) groups excluding carboxylic acids is 2. The van der Waals surface area contributed by atoms with E-state index in [0.717, 1.165) is 32.7 Å². The molecule has 1 aliphatic rings. The van der Waals surface area contributed by atoms with Gasteiger partial charge in [0.25, 0.3) is 0 Å². The number of thioether (sulfide) groups is 1. The van der Waals surface area contributed by atoms with Gasteiger partial charge in [0.15, 0.2) is 0 Å². The number of nitriles is 1. The number of amides is 1. The molecule has 0 bridgehead atoms. The van der Waals surface area contributed by atoms with Crippen LogP contribution in [0, 0.1) is 18.3 Å². The Labute approximate surface area is 164 Å². The molecule has 0 N–H and O–H groups in total. The Hall–Kier alpha value is -2.11. The van der Waals surface area contributed by atoms with Crippen molar-refractivity contribution in [3.05, 3.63) is 22.9 Å². The summed E-state index contributed by atoms with van der Waals surface area (Å²) >= 11 is 1.26. The molecule has 1 atom stereocenters. The van der Waals surface area contributed by atoms with Crippen molar-refractivity contribution >= 4 is 23.6 Å². The van der Waals surface area contributed by atoms with Crippen LogP contribution in [0.1, 0.15) is 42.4 Å². The van der Waals surface area contributed by atoms with Crippen molar-refractivity contribution in [3.63, 3.8) is 0 Å². The highest BCUT2D eigenvalue weighted by Crippen LogP contribution is 2.28. The van der Waals surface area contributed by atoms with E-state index < -0.39 is 5.97 Å². The van der Waals surface area contributed by atoms with Crippen LogP contribution in [0.3, 0.4) is 0 Å². The molecule has 146 valence electrons. The fourth-order valence-electron chi connectivity index (χ4n) is 2.93. The Morgan fingerprint density at radius 2 is 2.00 bits per heavy atom. The standard InChI is InChI=1S/C19H26N4O3S/c1-5-22-7-9-23(10-8-22)18(24)14(4)27-17-15(12-20)11-16(13(3)21-17)19(25)26-6-2/h11,14H,5-10H2,1-4H3. The molecule has 8 heteroatoms. The number of carbonyl (C=O) groups is 2. The first-order valence-electron chi connectivity index (χ1n) is 9.17. The summed E-state index contributed by atoms with van der Waals surface area (Å²) in [5.41, 5.74) is 1.06. The van der Waals surface area contributed by atoms with Crippen molar-refractivity contribution in [2.75, 3.05) is 39.3 Å². The van der Waals surface area contributed by atoms with Crippen molar-refractivity contribution < 1.29 is 14.3 Å². The smallest absolute Gasteiger partial charge is 0.340 e. The Morgan fingerprint density at radius 3 is 2.56 bits per heavy atom. The summed E-state index contributed by atoms with van der Waals surface area (Å²) in [5.74, 6) is -0.443. The van der Waals surface area contributed by atoms with Gasteiger partial charge < -0.3 is 14.5 Å². The largest absolute Gasteiger partial charge is 0.462 e. The van der Waals surface area contributed by atoms with Gasteiger partial charge in [-0.1, -0.05) is 18.7 Å². The highest BCUT2D eigenvalue weighted by molar-refractivity contribution is 8.00. The summed E-state index contributed by atoms with van der Waals surface area (Å²) in [6, 6.07) is 3.57. The van der Waals surface area contributed by atoms with Gasteiger partial charge in [0.2, 0.25) is 5.91 Å². The van der Waals surface area contributed by atoms with Crippen LogP contribution in [-0.2, 0) is 9.53 Å². The first-order valence-corrected chi connectivity index (χ1v) is 10.1. The number of likely N-dealkylation sites (N-methyl/N-ethyl adjacent to an activating group) is 1. The molecule has 27 heavy (non-hydrogen) atoms. The predicted molar refractivity (Wildman–Crippen MR) is 104 cm³/mol. The number of rotatable bonds is 6. The number of esters is 1. The Kier molecular flexibility index (Phi) is 7.63. The minimum atomic E-state index is -0.492. The fourth-order valence-corrected chi connectivity index (χ4v) is 3.93. The number of hydrogen-bond acceptors (Lipinski definition) is 7. The average molecular weight is 391 g/mol. The first kappa shape index (κ1) is 21.2. The van der Waals surface area contributed by atoms with Crippen LogP contribution < -0.4 is 0 Å². The van der Waals surface area contributed by atoms with E-state index in [-0.39, 0.29) is 28.9 Å². The average Bonchev–Trinajstić information content (AvgIpc) is 2.67. The lowest BCUT2D eigenvalue weighted by molar-refractivity contribution is -0.132. The minimum Gasteiger partial charge on any atom is -0.462 e. The van der Waals surface area contributed by atoms with Gasteiger partial charge in [-0.25, -0.2) is 9.78 Å². The third kappa shape index (κ3) is 5.21. The van der Waals surface area contributed by atoms with Crippen LogP contribution in [-0.4, -0.2) is 71.2 Å². The molecular formula is C19H26N4O3S. The summed E-state index contributed by atoms with van der Waals surface area (Å²) in [6.07, 6.45) is 0. The summed E-state index contributed by atoms with van der Waals surface area (Å²) in [6.45, 7) is 11.8. The monoisotopic (exact) mass is 390 g/mol. The van der Waals surface area contributed by atoms with Gasteiger partial charge in [0, 0.05) is 26.2 Å². The van der Waals surface area contributed by atoms with E-state index >= 15 is 0 Å². The molecule has 0 aliphatic carbocycles. The van der Waals surface area contributed by atoms with Gasteiger partial charge in [0.05, 0.1) is 28.7 Å². The van der Waals surface area contributed by atoms with E-state index in [2.05, 4.69) is 22.9 Å². The van der Waals surface area contributed by atoms with Gasteiger partial charge in [-0.3, -0.25) is 4.79 Å². The van der Waals surface area contributed by atoms with Crippen molar-refractivity contribution in [2.45, 2.75) is 38.0 Å². The van der Waals surface area contributed by atoms with Gasteiger partial charge in [-0.05, 0) is 33.4 Å². The van der Waals surface area contributed by atoms with Crippen LogP contribution >= 0.6 is 11.8 Å². The van der Waals surface area contributed by atoms with Crippen LogP contribution in [0.25, 0.3) is 0 Å². The molecule has 2 heterocycles. The van der Waals surface area contributed by atoms with Gasteiger partial charge in [-0.2, -0.15) is 5.26 Å². The molecule has 1 aromatic heterocycles. The summed E-state index contributed by atoms with van der Waals surface area (Å²) in [7, 11) is 0. The summed E-state index contributed by atoms with van der Waals surface area (Å²) < 4.78 is 5.00. The predicted octanol–water partition coefficient (Wildman–Crippen LogP) is 2.08. The van der Waals surface area contributed by atoms with Gasteiger partial charge >= 0.3 is 5.97 Å². The third-order valence-electron chi connectivity index (χ3n) is 4.56. The Morgan fingerprint density at radius 1 is 1.33 bits per heavy atom. The maximum absolute atomic E-state index is 12.7. The SMILES string of the molecule is CCOC(=O)c1cc(C#N)c(SC(C)C(=O)N2CCN(CC)CC2)nc1C. The van der Waals surface area contributed by atoms with Crippen LogP contribution in [0.2, 0.25) is 0 Å². The highest BCUT2D eigenvalue weighted by atomic mass is 32.2. The van der Waals surface area contributed by atoms with E-state index in [1.54, 1.807) is 13.8 Å². The van der Waals surface area contributed by atoms with E-state index in [4.69, 9.17) is 4.74 Å². The topological polar surface area (TPSA) is 86.5 Å². The van der Waals surface area contributed by atoms with Crippen LogP contribution in [0.15, 0.2) is 11.1 Å². The zero-order chi connectivity index (χ0) is 20.0. The number of aromatic nitrogens is 1. The molecule has 1 aliphatic heterocycles. The lowest BCUT2D eigenvalue weighted by atomic mass is 10.1. The molecule has 2 rings (SSSR count). The second-order valence-corrected chi connectivity index (χ2v) is 7.66. The third-order valence-corrected chi connectivity index (χ3v) is 5.65. The molecule has 0 aromatic carbocycles. The molecule has 0 saturated carbocycles. The highest BCUT2D eigenvalue weighted by Gasteiger charge is 2.26. The number of pyridine rings is 1. The van der Waals surface area contributed by atoms with E-state index in [1.165, 1.54) is 17.8 Å². The molecule has 1 amide bonds. The zero-order valence-electron chi connectivity index (χ0n) is 16.3.